The van der Waals surface area contributed by atoms with Crippen LogP contribution < -0.4 is 14.8 Å². The monoisotopic (exact) mass is 392 g/mol. The highest BCUT2D eigenvalue weighted by molar-refractivity contribution is 6.31. The van der Waals surface area contributed by atoms with Gasteiger partial charge in [-0.05, 0) is 49.6 Å². The molecule has 0 bridgehead atoms. The average Bonchev–Trinajstić information content (AvgIpc) is 2.65. The largest absolute Gasteiger partial charge is 0.493 e. The second-order valence-corrected chi connectivity index (χ2v) is 7.30. The Hall–Kier alpha value is -2.31. The zero-order valence-corrected chi connectivity index (χ0v) is 16.8. The molecule has 0 amide bonds. The molecule has 0 saturated heterocycles. The number of nitro benzene ring substituents is 1. The van der Waals surface area contributed by atoms with E-state index in [1.165, 1.54) is 12.1 Å². The number of rotatable bonds is 9. The summed E-state index contributed by atoms with van der Waals surface area (Å²) in [6, 6.07) is 9.84. The number of nitrogens with zero attached hydrogens (tertiary/aromatic N) is 1. The Balaban J connectivity index is 2.10. The quantitative estimate of drug-likeness (QED) is 0.474. The average molecular weight is 393 g/mol. The number of hydrogen-bond donors (Lipinski definition) is 1. The fraction of sp³-hybridized carbons (Fsp3) is 0.400. The molecule has 27 heavy (non-hydrogen) atoms. The summed E-state index contributed by atoms with van der Waals surface area (Å²) in [5.41, 5.74) is 1.81. The molecule has 0 fully saturated rings. The van der Waals surface area contributed by atoms with Gasteiger partial charge in [-0.2, -0.15) is 0 Å². The molecule has 0 unspecified atom stereocenters. The van der Waals surface area contributed by atoms with E-state index in [4.69, 9.17) is 21.1 Å². The molecule has 2 rings (SSSR count). The zero-order chi connectivity index (χ0) is 20.0. The molecule has 0 saturated carbocycles. The summed E-state index contributed by atoms with van der Waals surface area (Å²) >= 11 is 6.42. The molecule has 0 spiro atoms. The predicted octanol–water partition coefficient (Wildman–Crippen LogP) is 5.11. The summed E-state index contributed by atoms with van der Waals surface area (Å²) in [5, 5.41) is 14.8. The van der Waals surface area contributed by atoms with Crippen LogP contribution in [0, 0.1) is 10.1 Å². The zero-order valence-electron chi connectivity index (χ0n) is 16.0. The first kappa shape index (κ1) is 21.0. The van der Waals surface area contributed by atoms with Crippen molar-refractivity contribution in [2.24, 2.45) is 0 Å². The molecule has 0 heterocycles. The van der Waals surface area contributed by atoms with Gasteiger partial charge in [0.2, 0.25) is 0 Å². The topological polar surface area (TPSA) is 73.6 Å². The summed E-state index contributed by atoms with van der Waals surface area (Å²) in [6.45, 7) is 7.29. The summed E-state index contributed by atoms with van der Waals surface area (Å²) in [5.74, 6) is 1.12. The van der Waals surface area contributed by atoms with Crippen molar-refractivity contribution >= 4 is 17.3 Å². The normalized spacial score (nSPS) is 11.3. The van der Waals surface area contributed by atoms with Crippen molar-refractivity contribution < 1.29 is 14.4 Å². The third-order valence-corrected chi connectivity index (χ3v) is 4.87. The molecular weight excluding hydrogens is 368 g/mol. The molecule has 0 atom stereocenters. The molecular formula is C20H25ClN2O4. The van der Waals surface area contributed by atoms with Crippen molar-refractivity contribution in [2.75, 3.05) is 7.11 Å². The lowest BCUT2D eigenvalue weighted by atomic mass is 10.0. The van der Waals surface area contributed by atoms with Gasteiger partial charge in [0, 0.05) is 35.3 Å². The minimum atomic E-state index is -0.431. The molecule has 0 aliphatic heterocycles. The van der Waals surface area contributed by atoms with Crippen molar-refractivity contribution in [3.8, 4) is 11.5 Å². The Kier molecular flexibility index (Phi) is 7.05. The first-order valence-electron chi connectivity index (χ1n) is 8.73. The Morgan fingerprint density at radius 2 is 1.85 bits per heavy atom. The van der Waals surface area contributed by atoms with E-state index in [1.807, 2.05) is 6.07 Å². The Morgan fingerprint density at radius 1 is 1.19 bits per heavy atom. The van der Waals surface area contributed by atoms with E-state index in [2.05, 4.69) is 26.1 Å². The third kappa shape index (κ3) is 5.84. The van der Waals surface area contributed by atoms with E-state index in [1.54, 1.807) is 25.3 Å². The molecule has 146 valence electrons. The van der Waals surface area contributed by atoms with Crippen molar-refractivity contribution in [1.82, 2.24) is 5.32 Å². The van der Waals surface area contributed by atoms with Crippen LogP contribution in [0.15, 0.2) is 36.4 Å². The molecule has 0 aromatic heterocycles. The van der Waals surface area contributed by atoms with Crippen LogP contribution in [0.1, 0.15) is 38.3 Å². The predicted molar refractivity (Wildman–Crippen MR) is 107 cm³/mol. The van der Waals surface area contributed by atoms with E-state index < -0.39 is 4.92 Å². The standard InChI is InChI=1S/C20H25ClN2O4/c1-5-20(2,3)22-12-15-10-18(26-4)19(11-17(15)21)27-13-14-6-8-16(9-7-14)23(24)25/h6-11,22H,5,12-13H2,1-4H3. The summed E-state index contributed by atoms with van der Waals surface area (Å²) < 4.78 is 11.3. The first-order chi connectivity index (χ1) is 12.8. The van der Waals surface area contributed by atoms with Gasteiger partial charge < -0.3 is 14.8 Å². The van der Waals surface area contributed by atoms with Gasteiger partial charge in [0.25, 0.3) is 5.69 Å². The van der Waals surface area contributed by atoms with Crippen LogP contribution >= 0.6 is 11.6 Å². The van der Waals surface area contributed by atoms with Crippen molar-refractivity contribution in [3.05, 3.63) is 62.7 Å². The minimum absolute atomic E-state index is 0.0155. The maximum absolute atomic E-state index is 10.7. The molecule has 2 aromatic rings. The summed E-state index contributed by atoms with van der Waals surface area (Å²) in [4.78, 5) is 10.3. The Bertz CT molecular complexity index is 791. The van der Waals surface area contributed by atoms with Crippen LogP contribution in [0.2, 0.25) is 5.02 Å². The van der Waals surface area contributed by atoms with Gasteiger partial charge in [0.05, 0.1) is 12.0 Å². The molecule has 6 nitrogen and oxygen atoms in total. The van der Waals surface area contributed by atoms with Crippen LogP contribution in [-0.4, -0.2) is 17.6 Å². The van der Waals surface area contributed by atoms with E-state index >= 15 is 0 Å². The van der Waals surface area contributed by atoms with E-state index in [0.29, 0.717) is 23.1 Å². The number of methoxy groups -OCH3 is 1. The van der Waals surface area contributed by atoms with Crippen molar-refractivity contribution in [3.63, 3.8) is 0 Å². The Morgan fingerprint density at radius 3 is 2.41 bits per heavy atom. The van der Waals surface area contributed by atoms with Crippen LogP contribution in [0.4, 0.5) is 5.69 Å². The third-order valence-electron chi connectivity index (χ3n) is 4.52. The number of benzene rings is 2. The van der Waals surface area contributed by atoms with Crippen LogP contribution in [-0.2, 0) is 13.2 Å². The number of ether oxygens (including phenoxy) is 2. The van der Waals surface area contributed by atoms with E-state index in [-0.39, 0.29) is 17.8 Å². The van der Waals surface area contributed by atoms with Gasteiger partial charge in [0.15, 0.2) is 11.5 Å². The number of halogens is 1. The van der Waals surface area contributed by atoms with Gasteiger partial charge >= 0.3 is 0 Å². The van der Waals surface area contributed by atoms with Crippen molar-refractivity contribution in [2.45, 2.75) is 45.9 Å². The number of non-ortho nitro benzene ring substituents is 1. The van der Waals surface area contributed by atoms with E-state index in [9.17, 15) is 10.1 Å². The Labute approximate surface area is 164 Å². The number of hydrogen-bond acceptors (Lipinski definition) is 5. The summed E-state index contributed by atoms with van der Waals surface area (Å²) in [7, 11) is 1.58. The van der Waals surface area contributed by atoms with Crippen LogP contribution in [0.3, 0.4) is 0 Å². The highest BCUT2D eigenvalue weighted by atomic mass is 35.5. The minimum Gasteiger partial charge on any atom is -0.493 e. The SMILES string of the molecule is CCC(C)(C)NCc1cc(OC)c(OCc2ccc([N+](=O)[O-])cc2)cc1Cl. The first-order valence-corrected chi connectivity index (χ1v) is 9.11. The highest BCUT2D eigenvalue weighted by Crippen LogP contribution is 2.34. The second kappa shape index (κ2) is 9.06. The lowest BCUT2D eigenvalue weighted by Gasteiger charge is -2.25. The van der Waals surface area contributed by atoms with E-state index in [0.717, 1.165) is 17.5 Å². The molecule has 0 aliphatic carbocycles. The van der Waals surface area contributed by atoms with Gasteiger partial charge in [-0.25, -0.2) is 0 Å². The van der Waals surface area contributed by atoms with Crippen LogP contribution in [0.5, 0.6) is 11.5 Å². The molecule has 0 radical (unpaired) electrons. The lowest BCUT2D eigenvalue weighted by molar-refractivity contribution is -0.384. The molecule has 1 N–H and O–H groups in total. The lowest BCUT2D eigenvalue weighted by Crippen LogP contribution is -2.37. The maximum atomic E-state index is 10.7. The number of nitro groups is 1. The van der Waals surface area contributed by atoms with Gasteiger partial charge in [-0.1, -0.05) is 18.5 Å². The second-order valence-electron chi connectivity index (χ2n) is 6.90. The van der Waals surface area contributed by atoms with Gasteiger partial charge in [-0.3, -0.25) is 10.1 Å². The molecule has 7 heteroatoms. The van der Waals surface area contributed by atoms with Gasteiger partial charge in [0.1, 0.15) is 6.61 Å². The van der Waals surface area contributed by atoms with Gasteiger partial charge in [-0.15, -0.1) is 0 Å². The van der Waals surface area contributed by atoms with Crippen molar-refractivity contribution in [1.29, 1.82) is 0 Å². The van der Waals surface area contributed by atoms with Crippen LogP contribution in [0.25, 0.3) is 0 Å². The summed E-state index contributed by atoms with van der Waals surface area (Å²) in [6.07, 6.45) is 0.998. The maximum Gasteiger partial charge on any atom is 0.269 e. The highest BCUT2D eigenvalue weighted by Gasteiger charge is 2.16. The smallest absolute Gasteiger partial charge is 0.269 e. The fourth-order valence-corrected chi connectivity index (χ4v) is 2.54. The number of nitrogens with one attached hydrogen (secondary N) is 1. The fourth-order valence-electron chi connectivity index (χ4n) is 2.32. The molecule has 2 aromatic carbocycles. The molecule has 0 aliphatic rings.